The van der Waals surface area contributed by atoms with Gasteiger partial charge in [-0.15, -0.1) is 4.83 Å². The summed E-state index contributed by atoms with van der Waals surface area (Å²) >= 11 is 5.93. The molecule has 2 N–H and O–H groups in total. The zero-order valence-corrected chi connectivity index (χ0v) is 14.7. The largest absolute Gasteiger partial charge is 0.274 e. The number of rotatable bonds is 4. The van der Waals surface area contributed by atoms with Gasteiger partial charge in [0.2, 0.25) is 10.0 Å². The number of hydrogen-bond donors (Lipinski definition) is 2. The number of fused-ring (bicyclic) bond motifs is 1. The third-order valence-corrected chi connectivity index (χ3v) is 4.25. The summed E-state index contributed by atoms with van der Waals surface area (Å²) in [5.74, 6) is -0.550. The maximum Gasteiger partial charge on any atom is 0.266 e. The third kappa shape index (κ3) is 4.14. The Balaban J connectivity index is 2.02. The molecule has 3 rings (SSSR count). The lowest BCUT2D eigenvalue weighted by Gasteiger charge is -2.09. The summed E-state index contributed by atoms with van der Waals surface area (Å²) in [5, 5.41) is 2.31. The molecule has 1 aromatic heterocycles. The SMILES string of the molecule is CS(=O)(=O)NNC(=O)c1ccc2cncc(-c3ccc(Cl)cc3)c2c1. The Morgan fingerprint density at radius 1 is 1.08 bits per heavy atom. The number of benzene rings is 2. The summed E-state index contributed by atoms with van der Waals surface area (Å²) in [6.45, 7) is 0. The molecule has 0 bridgehead atoms. The second-order valence-corrected chi connectivity index (χ2v) is 7.64. The first-order valence-corrected chi connectivity index (χ1v) is 9.51. The number of hydrogen-bond acceptors (Lipinski definition) is 4. The molecule has 0 spiro atoms. The molecule has 6 nitrogen and oxygen atoms in total. The van der Waals surface area contributed by atoms with Crippen LogP contribution in [0, 0.1) is 0 Å². The molecule has 0 aliphatic carbocycles. The van der Waals surface area contributed by atoms with Gasteiger partial charge >= 0.3 is 0 Å². The summed E-state index contributed by atoms with van der Waals surface area (Å²) < 4.78 is 22.2. The van der Waals surface area contributed by atoms with E-state index in [4.69, 9.17) is 11.6 Å². The number of nitrogens with zero attached hydrogens (tertiary/aromatic N) is 1. The van der Waals surface area contributed by atoms with Crippen molar-refractivity contribution in [3.8, 4) is 11.1 Å². The molecule has 0 aliphatic heterocycles. The highest BCUT2D eigenvalue weighted by Gasteiger charge is 2.11. The molecule has 0 fully saturated rings. The van der Waals surface area contributed by atoms with Crippen LogP contribution >= 0.6 is 11.6 Å². The lowest BCUT2D eigenvalue weighted by molar-refractivity contribution is 0.0945. The first-order valence-electron chi connectivity index (χ1n) is 7.24. The Labute approximate surface area is 149 Å². The van der Waals surface area contributed by atoms with Gasteiger partial charge in [-0.25, -0.2) is 8.42 Å². The van der Waals surface area contributed by atoms with Crippen molar-refractivity contribution in [3.05, 3.63) is 65.4 Å². The van der Waals surface area contributed by atoms with Crippen LogP contribution in [0.25, 0.3) is 21.9 Å². The van der Waals surface area contributed by atoms with Gasteiger partial charge < -0.3 is 0 Å². The molecule has 128 valence electrons. The maximum atomic E-state index is 12.2. The van der Waals surface area contributed by atoms with Crippen LogP contribution in [0.15, 0.2) is 54.9 Å². The zero-order chi connectivity index (χ0) is 18.0. The van der Waals surface area contributed by atoms with Crippen LogP contribution in [0.2, 0.25) is 5.02 Å². The van der Waals surface area contributed by atoms with E-state index in [-0.39, 0.29) is 0 Å². The molecule has 0 unspecified atom stereocenters. The molecule has 1 heterocycles. The van der Waals surface area contributed by atoms with Crippen molar-refractivity contribution in [1.29, 1.82) is 0 Å². The van der Waals surface area contributed by atoms with Crippen molar-refractivity contribution in [1.82, 2.24) is 15.2 Å². The topological polar surface area (TPSA) is 88.2 Å². The lowest BCUT2D eigenvalue weighted by atomic mass is 9.99. The fraction of sp³-hybridized carbons (Fsp3) is 0.0588. The zero-order valence-electron chi connectivity index (χ0n) is 13.2. The minimum Gasteiger partial charge on any atom is -0.274 e. The van der Waals surface area contributed by atoms with E-state index >= 15 is 0 Å². The number of pyridine rings is 1. The normalized spacial score (nSPS) is 11.4. The van der Waals surface area contributed by atoms with Crippen molar-refractivity contribution in [2.45, 2.75) is 0 Å². The number of carbonyl (C=O) groups is 1. The van der Waals surface area contributed by atoms with Gasteiger partial charge in [-0.2, -0.15) is 0 Å². The Hall–Kier alpha value is -2.48. The van der Waals surface area contributed by atoms with E-state index in [1.54, 1.807) is 42.7 Å². The summed E-state index contributed by atoms with van der Waals surface area (Å²) in [5.41, 5.74) is 4.24. The van der Waals surface area contributed by atoms with Crippen LogP contribution in [-0.4, -0.2) is 25.6 Å². The number of nitrogens with one attached hydrogen (secondary N) is 2. The van der Waals surface area contributed by atoms with Crippen LogP contribution in [-0.2, 0) is 10.0 Å². The van der Waals surface area contributed by atoms with E-state index in [0.29, 0.717) is 10.6 Å². The van der Waals surface area contributed by atoms with Crippen LogP contribution in [0.1, 0.15) is 10.4 Å². The minimum absolute atomic E-state index is 0.324. The summed E-state index contributed by atoms with van der Waals surface area (Å²) in [4.78, 5) is 18.4. The fourth-order valence-corrected chi connectivity index (χ4v) is 2.78. The number of carbonyl (C=O) groups excluding carboxylic acids is 1. The monoisotopic (exact) mass is 375 g/mol. The number of halogens is 1. The number of sulfonamides is 1. The van der Waals surface area contributed by atoms with Crippen LogP contribution in [0.4, 0.5) is 0 Å². The third-order valence-electron chi connectivity index (χ3n) is 3.53. The molecular formula is C17H14ClN3O3S. The summed E-state index contributed by atoms with van der Waals surface area (Å²) in [6, 6.07) is 12.4. The van der Waals surface area contributed by atoms with Gasteiger partial charge in [-0.1, -0.05) is 29.8 Å². The molecule has 0 aliphatic rings. The van der Waals surface area contributed by atoms with E-state index < -0.39 is 15.9 Å². The van der Waals surface area contributed by atoms with Gasteiger partial charge in [0.05, 0.1) is 6.26 Å². The average Bonchev–Trinajstić information content (AvgIpc) is 2.59. The second-order valence-electron chi connectivity index (χ2n) is 5.46. The summed E-state index contributed by atoms with van der Waals surface area (Å²) in [7, 11) is -3.53. The number of aromatic nitrogens is 1. The molecular weight excluding hydrogens is 362 g/mol. The van der Waals surface area contributed by atoms with Gasteiger partial charge in [0, 0.05) is 33.9 Å². The van der Waals surface area contributed by atoms with Crippen molar-refractivity contribution < 1.29 is 13.2 Å². The van der Waals surface area contributed by atoms with Crippen LogP contribution < -0.4 is 10.3 Å². The quantitative estimate of drug-likeness (QED) is 0.686. The Kier molecular flexibility index (Phi) is 4.71. The minimum atomic E-state index is -3.53. The molecule has 0 radical (unpaired) electrons. The molecule has 3 aromatic rings. The highest BCUT2D eigenvalue weighted by atomic mass is 35.5. The highest BCUT2D eigenvalue weighted by Crippen LogP contribution is 2.29. The van der Waals surface area contributed by atoms with E-state index in [1.807, 2.05) is 17.0 Å². The lowest BCUT2D eigenvalue weighted by Crippen LogP contribution is -2.40. The highest BCUT2D eigenvalue weighted by molar-refractivity contribution is 7.88. The van der Waals surface area contributed by atoms with E-state index in [9.17, 15) is 13.2 Å². The average molecular weight is 376 g/mol. The first-order chi connectivity index (χ1) is 11.8. The van der Waals surface area contributed by atoms with E-state index in [2.05, 4.69) is 10.4 Å². The maximum absolute atomic E-state index is 12.2. The molecule has 2 aromatic carbocycles. The smallest absolute Gasteiger partial charge is 0.266 e. The van der Waals surface area contributed by atoms with E-state index in [0.717, 1.165) is 28.2 Å². The molecule has 25 heavy (non-hydrogen) atoms. The van der Waals surface area contributed by atoms with Gasteiger partial charge in [-0.05, 0) is 35.2 Å². The summed E-state index contributed by atoms with van der Waals surface area (Å²) in [6.07, 6.45) is 4.37. The fourth-order valence-electron chi connectivity index (χ4n) is 2.38. The van der Waals surface area contributed by atoms with E-state index in [1.165, 1.54) is 0 Å². The number of amides is 1. The van der Waals surface area contributed by atoms with Crippen molar-refractivity contribution in [2.24, 2.45) is 0 Å². The Bertz CT molecular complexity index is 1050. The van der Waals surface area contributed by atoms with Crippen molar-refractivity contribution in [2.75, 3.05) is 6.26 Å². The second kappa shape index (κ2) is 6.79. The van der Waals surface area contributed by atoms with Gasteiger partial charge in [0.1, 0.15) is 0 Å². The molecule has 8 heteroatoms. The van der Waals surface area contributed by atoms with Crippen LogP contribution in [0.5, 0.6) is 0 Å². The van der Waals surface area contributed by atoms with Crippen molar-refractivity contribution >= 4 is 38.3 Å². The first kappa shape index (κ1) is 17.3. The molecule has 0 saturated heterocycles. The molecule has 0 saturated carbocycles. The Morgan fingerprint density at radius 2 is 1.80 bits per heavy atom. The predicted octanol–water partition coefficient (Wildman–Crippen LogP) is 2.75. The van der Waals surface area contributed by atoms with Gasteiger partial charge in [0.25, 0.3) is 5.91 Å². The number of hydrazine groups is 1. The van der Waals surface area contributed by atoms with Gasteiger partial charge in [0.15, 0.2) is 0 Å². The van der Waals surface area contributed by atoms with Gasteiger partial charge in [-0.3, -0.25) is 15.2 Å². The molecule has 1 amide bonds. The van der Waals surface area contributed by atoms with Crippen molar-refractivity contribution in [3.63, 3.8) is 0 Å². The Morgan fingerprint density at radius 3 is 2.48 bits per heavy atom. The van der Waals surface area contributed by atoms with Crippen LogP contribution in [0.3, 0.4) is 0 Å². The molecule has 0 atom stereocenters. The standard InChI is InChI=1S/C17H14ClN3O3S/c1-25(23,24)21-20-17(22)12-2-3-13-9-19-10-16(15(13)8-12)11-4-6-14(18)7-5-11/h2-10,21H,1H3,(H,20,22). The predicted molar refractivity (Wildman–Crippen MR) is 97.6 cm³/mol.